The van der Waals surface area contributed by atoms with E-state index in [1.54, 1.807) is 0 Å². The second kappa shape index (κ2) is 4.88. The van der Waals surface area contributed by atoms with Crippen LogP contribution in [0.15, 0.2) is 0 Å². The summed E-state index contributed by atoms with van der Waals surface area (Å²) in [4.78, 5) is 0. The molecule has 0 fully saturated rings. The molecule has 0 aliphatic heterocycles. The number of hydrogen-bond donors (Lipinski definition) is 0. The first-order valence-electron chi connectivity index (χ1n) is 2.26. The Balaban J connectivity index is 3.06. The molecule has 5 heteroatoms. The van der Waals surface area contributed by atoms with Crippen molar-refractivity contribution in [2.24, 2.45) is 0 Å². The van der Waals surface area contributed by atoms with Crippen LogP contribution in [0.2, 0.25) is 0 Å². The van der Waals surface area contributed by atoms with Gasteiger partial charge in [-0.3, -0.25) is 0 Å². The summed E-state index contributed by atoms with van der Waals surface area (Å²) < 4.78 is 37.9. The maximum atomic E-state index is 11.3. The van der Waals surface area contributed by atoms with Gasteiger partial charge in [0.1, 0.15) is 13.3 Å². The fourth-order valence-electron chi connectivity index (χ4n) is 0.222. The third-order valence-electron chi connectivity index (χ3n) is 0.524. The highest BCUT2D eigenvalue weighted by molar-refractivity contribution is 6.19. The molecule has 1 unspecified atom stereocenters. The van der Waals surface area contributed by atoms with Crippen LogP contribution in [0.5, 0.6) is 0 Å². The van der Waals surface area contributed by atoms with E-state index in [2.05, 4.69) is 4.74 Å². The van der Waals surface area contributed by atoms with Crippen LogP contribution < -0.4 is 0 Å². The molecule has 0 aromatic heterocycles. The number of ether oxygens (including phenoxy) is 1. The van der Waals surface area contributed by atoms with Crippen molar-refractivity contribution in [2.75, 3.05) is 13.3 Å². The van der Waals surface area contributed by atoms with E-state index in [-0.39, 0.29) is 0 Å². The summed E-state index contributed by atoms with van der Waals surface area (Å²) >= 11 is 4.98. The minimum absolute atomic E-state index is 0.807. The predicted molar refractivity (Wildman–Crippen MR) is 27.6 cm³/mol. The Hall–Kier alpha value is 0.0400. The third-order valence-corrected chi connectivity index (χ3v) is 0.767. The quantitative estimate of drug-likeness (QED) is 0.573. The third kappa shape index (κ3) is 5.92. The van der Waals surface area contributed by atoms with Gasteiger partial charge in [-0.05, 0) is 0 Å². The van der Waals surface area contributed by atoms with Gasteiger partial charge in [0.05, 0.1) is 0 Å². The topological polar surface area (TPSA) is 9.23 Å². The molecule has 0 bridgehead atoms. The fourth-order valence-corrected chi connectivity index (χ4v) is 0.294. The number of alkyl halides is 4. The summed E-state index contributed by atoms with van der Waals surface area (Å²) in [5, 5.41) is 0. The zero-order valence-electron chi connectivity index (χ0n) is 4.49. The molecular formula is C4H6ClF3O. The molecular weight excluding hydrogens is 156 g/mol. The van der Waals surface area contributed by atoms with Crippen LogP contribution in [0.3, 0.4) is 0 Å². The largest absolute Gasteiger partial charge is 0.354 e. The summed E-state index contributed by atoms with van der Waals surface area (Å²) in [6.45, 7) is -1.76. The Morgan fingerprint density at radius 2 is 2.00 bits per heavy atom. The minimum Gasteiger partial charge on any atom is -0.354 e. The Labute approximate surface area is 55.7 Å². The highest BCUT2D eigenvalue weighted by Gasteiger charge is 2.07. The van der Waals surface area contributed by atoms with Crippen LogP contribution in [0, 0.1) is 0 Å². The van der Waals surface area contributed by atoms with Crippen molar-refractivity contribution < 1.29 is 17.9 Å². The molecule has 0 spiro atoms. The zero-order valence-corrected chi connectivity index (χ0v) is 5.24. The molecule has 56 valence electrons. The number of halogens is 4. The van der Waals surface area contributed by atoms with Crippen molar-refractivity contribution in [3.8, 4) is 0 Å². The van der Waals surface area contributed by atoms with Crippen LogP contribution in [0.1, 0.15) is 0 Å². The lowest BCUT2D eigenvalue weighted by Crippen LogP contribution is -2.12. The van der Waals surface area contributed by atoms with Crippen molar-refractivity contribution in [2.45, 2.75) is 12.0 Å². The smallest absolute Gasteiger partial charge is 0.261 e. The maximum Gasteiger partial charge on any atom is 0.261 e. The van der Waals surface area contributed by atoms with Crippen LogP contribution in [-0.2, 0) is 4.74 Å². The van der Waals surface area contributed by atoms with Gasteiger partial charge in [-0.1, -0.05) is 11.6 Å². The number of hydrogen-bond acceptors (Lipinski definition) is 1. The van der Waals surface area contributed by atoms with Crippen LogP contribution in [0.25, 0.3) is 0 Å². The van der Waals surface area contributed by atoms with Gasteiger partial charge in [0.2, 0.25) is 0 Å². The molecule has 0 aliphatic carbocycles. The average Bonchev–Trinajstić information content (AvgIpc) is 1.83. The highest BCUT2D eigenvalue weighted by Crippen LogP contribution is 2.01. The summed E-state index contributed by atoms with van der Waals surface area (Å²) in [5.74, 6) is 0. The Kier molecular flexibility index (Phi) is 4.90. The molecule has 0 saturated heterocycles. The van der Waals surface area contributed by atoms with E-state index in [4.69, 9.17) is 11.6 Å². The molecule has 0 aromatic carbocycles. The minimum atomic E-state index is -2.59. The Morgan fingerprint density at radius 3 is 2.33 bits per heavy atom. The van der Waals surface area contributed by atoms with E-state index in [1.165, 1.54) is 0 Å². The Morgan fingerprint density at radius 1 is 1.44 bits per heavy atom. The first-order chi connectivity index (χ1) is 4.16. The standard InChI is InChI=1S/C4H6ClF3O/c5-3(1-6)9-2-4(7)8/h3-4H,1-2H2. The number of rotatable bonds is 4. The second-order valence-electron chi connectivity index (χ2n) is 1.29. The molecule has 1 atom stereocenters. The lowest BCUT2D eigenvalue weighted by atomic mass is 10.7. The SMILES string of the molecule is FCC(Cl)OCC(F)F. The lowest BCUT2D eigenvalue weighted by molar-refractivity contribution is -0.00196. The van der Waals surface area contributed by atoms with Crippen molar-refractivity contribution >= 4 is 11.6 Å². The zero-order chi connectivity index (χ0) is 7.28. The van der Waals surface area contributed by atoms with E-state index in [0.29, 0.717) is 0 Å². The van der Waals surface area contributed by atoms with Gasteiger partial charge >= 0.3 is 0 Å². The average molecular weight is 163 g/mol. The van der Waals surface area contributed by atoms with E-state index >= 15 is 0 Å². The van der Waals surface area contributed by atoms with Crippen LogP contribution in [0.4, 0.5) is 13.2 Å². The normalized spacial score (nSPS) is 14.3. The van der Waals surface area contributed by atoms with E-state index in [1.807, 2.05) is 0 Å². The van der Waals surface area contributed by atoms with Crippen molar-refractivity contribution in [1.82, 2.24) is 0 Å². The molecule has 0 N–H and O–H groups in total. The second-order valence-corrected chi connectivity index (χ2v) is 1.78. The van der Waals surface area contributed by atoms with Gasteiger partial charge in [0.15, 0.2) is 5.56 Å². The van der Waals surface area contributed by atoms with Gasteiger partial charge in [0.25, 0.3) is 6.43 Å². The Bertz CT molecular complexity index is 70.8. The molecule has 0 rings (SSSR count). The highest BCUT2D eigenvalue weighted by atomic mass is 35.5. The molecule has 0 amide bonds. The predicted octanol–water partition coefficient (Wildman–Crippen LogP) is 1.80. The molecule has 1 nitrogen and oxygen atoms in total. The van der Waals surface area contributed by atoms with Gasteiger partial charge in [-0.2, -0.15) is 0 Å². The molecule has 0 heterocycles. The monoisotopic (exact) mass is 162 g/mol. The molecule has 0 saturated carbocycles. The molecule has 9 heavy (non-hydrogen) atoms. The van der Waals surface area contributed by atoms with E-state index in [0.717, 1.165) is 0 Å². The van der Waals surface area contributed by atoms with Crippen molar-refractivity contribution in [3.05, 3.63) is 0 Å². The first kappa shape index (κ1) is 9.04. The van der Waals surface area contributed by atoms with Gasteiger partial charge in [-0.25, -0.2) is 13.2 Å². The fraction of sp³-hybridized carbons (Fsp3) is 1.00. The summed E-state index contributed by atoms with van der Waals surface area (Å²) in [6.07, 6.45) is -2.59. The molecule has 0 radical (unpaired) electrons. The molecule has 0 aromatic rings. The van der Waals surface area contributed by atoms with Gasteiger partial charge < -0.3 is 4.74 Å². The summed E-state index contributed by atoms with van der Waals surface area (Å²) in [7, 11) is 0. The van der Waals surface area contributed by atoms with Crippen LogP contribution in [-0.4, -0.2) is 25.3 Å². The van der Waals surface area contributed by atoms with Crippen molar-refractivity contribution in [3.63, 3.8) is 0 Å². The van der Waals surface area contributed by atoms with Crippen LogP contribution >= 0.6 is 11.6 Å². The van der Waals surface area contributed by atoms with E-state index in [9.17, 15) is 13.2 Å². The first-order valence-corrected chi connectivity index (χ1v) is 2.70. The summed E-state index contributed by atoms with van der Waals surface area (Å²) in [5.41, 5.74) is -1.24. The summed E-state index contributed by atoms with van der Waals surface area (Å²) in [6, 6.07) is 0. The van der Waals surface area contributed by atoms with E-state index < -0.39 is 25.3 Å². The van der Waals surface area contributed by atoms with Gasteiger partial charge in [-0.15, -0.1) is 0 Å². The molecule has 0 aliphatic rings. The maximum absolute atomic E-state index is 11.3. The van der Waals surface area contributed by atoms with Gasteiger partial charge in [0, 0.05) is 0 Å². The lowest BCUT2D eigenvalue weighted by Gasteiger charge is -2.04. The van der Waals surface area contributed by atoms with Crippen molar-refractivity contribution in [1.29, 1.82) is 0 Å².